The monoisotopic (exact) mass is 355 g/mol. The highest BCUT2D eigenvalue weighted by Gasteiger charge is 2.35. The lowest BCUT2D eigenvalue weighted by Gasteiger charge is -2.17. The lowest BCUT2D eigenvalue weighted by atomic mass is 9.93. The number of rotatable bonds is 8. The summed E-state index contributed by atoms with van der Waals surface area (Å²) in [5, 5.41) is 0. The predicted octanol–water partition coefficient (Wildman–Crippen LogP) is 1.81. The summed E-state index contributed by atoms with van der Waals surface area (Å²) in [6.07, 6.45) is 1.82. The molecule has 0 saturated carbocycles. The van der Waals surface area contributed by atoms with Crippen LogP contribution in [0, 0.1) is 5.92 Å². The molecule has 1 aromatic heterocycles. The minimum Gasteiger partial charge on any atom is -0.496 e. The minimum atomic E-state index is -0.441. The van der Waals surface area contributed by atoms with Gasteiger partial charge < -0.3 is 15.2 Å². The molecule has 1 fully saturated rings. The molecule has 0 radical (unpaired) electrons. The number of nitrogens with two attached hydrogens (primary N) is 1. The summed E-state index contributed by atoms with van der Waals surface area (Å²) in [6, 6.07) is 14.1. The van der Waals surface area contributed by atoms with Crippen molar-refractivity contribution in [3.63, 3.8) is 0 Å². The first-order valence-electron chi connectivity index (χ1n) is 8.78. The van der Waals surface area contributed by atoms with E-state index in [9.17, 15) is 4.79 Å². The van der Waals surface area contributed by atoms with E-state index in [-0.39, 0.29) is 18.4 Å². The van der Waals surface area contributed by atoms with Crippen LogP contribution in [0.1, 0.15) is 17.2 Å². The Labute approximate surface area is 153 Å². The Hall–Kier alpha value is -2.44. The first-order valence-corrected chi connectivity index (χ1v) is 8.78. The van der Waals surface area contributed by atoms with Crippen LogP contribution in [0.2, 0.25) is 0 Å². The van der Waals surface area contributed by atoms with E-state index < -0.39 is 5.91 Å². The van der Waals surface area contributed by atoms with E-state index in [2.05, 4.69) is 22.0 Å². The van der Waals surface area contributed by atoms with Crippen molar-refractivity contribution in [3.8, 4) is 5.75 Å². The number of likely N-dealkylation sites (tertiary alicyclic amines) is 1. The molecule has 2 N–H and O–H groups in total. The number of primary amides is 1. The van der Waals surface area contributed by atoms with Crippen LogP contribution >= 0.6 is 0 Å². The Bertz CT molecular complexity index is 723. The van der Waals surface area contributed by atoms with Gasteiger partial charge in [0.1, 0.15) is 12.4 Å². The average molecular weight is 355 g/mol. The van der Waals surface area contributed by atoms with E-state index in [1.807, 2.05) is 36.5 Å². The average Bonchev–Trinajstić information content (AvgIpc) is 3.05. The summed E-state index contributed by atoms with van der Waals surface area (Å²) in [5.41, 5.74) is 7.40. The molecule has 0 aliphatic carbocycles. The fourth-order valence-electron chi connectivity index (χ4n) is 3.57. The van der Waals surface area contributed by atoms with Crippen molar-refractivity contribution in [2.45, 2.75) is 12.5 Å². The van der Waals surface area contributed by atoms with Crippen LogP contribution in [0.25, 0.3) is 0 Å². The van der Waals surface area contributed by atoms with Crippen molar-refractivity contribution in [2.75, 3.05) is 33.4 Å². The molecule has 1 aliphatic rings. The van der Waals surface area contributed by atoms with Crippen molar-refractivity contribution in [1.82, 2.24) is 9.88 Å². The topological polar surface area (TPSA) is 77.7 Å². The second kappa shape index (κ2) is 8.78. The second-order valence-electron chi connectivity index (χ2n) is 6.61. The highest BCUT2D eigenvalue weighted by Crippen LogP contribution is 2.33. The number of hydrogen-bond donors (Lipinski definition) is 1. The molecule has 3 rings (SSSR count). The molecule has 1 aliphatic heterocycles. The maximum absolute atomic E-state index is 11.0. The lowest BCUT2D eigenvalue weighted by Crippen LogP contribution is -2.24. The van der Waals surface area contributed by atoms with Gasteiger partial charge in [-0.3, -0.25) is 14.7 Å². The summed E-state index contributed by atoms with van der Waals surface area (Å²) >= 11 is 0. The molecule has 0 bridgehead atoms. The van der Waals surface area contributed by atoms with Gasteiger partial charge >= 0.3 is 0 Å². The molecule has 2 atom stereocenters. The third-order valence-electron chi connectivity index (χ3n) is 4.75. The molecular weight excluding hydrogens is 330 g/mol. The zero-order chi connectivity index (χ0) is 18.4. The number of pyridine rings is 1. The molecule has 1 saturated heterocycles. The number of carbonyl (C=O) groups excluding carboxylic acids is 1. The summed E-state index contributed by atoms with van der Waals surface area (Å²) in [4.78, 5) is 17.9. The van der Waals surface area contributed by atoms with Crippen molar-refractivity contribution in [3.05, 3.63) is 59.9 Å². The Balaban J connectivity index is 1.71. The molecule has 6 heteroatoms. The summed E-state index contributed by atoms with van der Waals surface area (Å²) in [6.45, 7) is 3.02. The van der Waals surface area contributed by atoms with Crippen LogP contribution in [0.3, 0.4) is 0 Å². The molecule has 138 valence electrons. The number of nitrogens with zero attached hydrogens (tertiary/aromatic N) is 2. The summed E-state index contributed by atoms with van der Waals surface area (Å²) in [5.74, 6) is 0.983. The summed E-state index contributed by atoms with van der Waals surface area (Å²) < 4.78 is 11.0. The van der Waals surface area contributed by atoms with Gasteiger partial charge in [-0.2, -0.15) is 0 Å². The van der Waals surface area contributed by atoms with E-state index in [0.717, 1.165) is 36.6 Å². The Kier molecular flexibility index (Phi) is 6.20. The molecule has 26 heavy (non-hydrogen) atoms. The first kappa shape index (κ1) is 18.4. The number of carbonyl (C=O) groups is 1. The Morgan fingerprint density at radius 1 is 1.23 bits per heavy atom. The van der Waals surface area contributed by atoms with E-state index in [1.54, 1.807) is 7.11 Å². The number of methoxy groups -OCH3 is 1. The van der Waals surface area contributed by atoms with Gasteiger partial charge in [-0.15, -0.1) is 0 Å². The Morgan fingerprint density at radius 3 is 2.77 bits per heavy atom. The smallest absolute Gasteiger partial charge is 0.243 e. The van der Waals surface area contributed by atoms with Crippen LogP contribution in [0.5, 0.6) is 5.75 Å². The second-order valence-corrected chi connectivity index (χ2v) is 6.61. The van der Waals surface area contributed by atoms with Gasteiger partial charge in [-0.1, -0.05) is 24.3 Å². The van der Waals surface area contributed by atoms with E-state index in [4.69, 9.17) is 15.2 Å². The van der Waals surface area contributed by atoms with Crippen molar-refractivity contribution in [1.29, 1.82) is 0 Å². The van der Waals surface area contributed by atoms with Crippen molar-refractivity contribution >= 4 is 5.91 Å². The maximum atomic E-state index is 11.0. The van der Waals surface area contributed by atoms with Gasteiger partial charge in [-0.25, -0.2) is 0 Å². The minimum absolute atomic E-state index is 0.0437. The number of hydrogen-bond acceptors (Lipinski definition) is 5. The molecular formula is C20H25N3O3. The highest BCUT2D eigenvalue weighted by molar-refractivity contribution is 5.74. The molecule has 2 aromatic rings. The van der Waals surface area contributed by atoms with E-state index in [0.29, 0.717) is 6.61 Å². The third-order valence-corrected chi connectivity index (χ3v) is 4.75. The van der Waals surface area contributed by atoms with Gasteiger partial charge in [0.05, 0.1) is 13.7 Å². The van der Waals surface area contributed by atoms with Crippen molar-refractivity contribution in [2.24, 2.45) is 11.7 Å². The number of aromatic nitrogens is 1. The molecule has 0 spiro atoms. The number of ether oxygens (including phenoxy) is 2. The maximum Gasteiger partial charge on any atom is 0.243 e. The normalized spacial score (nSPS) is 20.2. The first-order chi connectivity index (χ1) is 12.7. The van der Waals surface area contributed by atoms with Crippen LogP contribution < -0.4 is 10.5 Å². The predicted molar refractivity (Wildman–Crippen MR) is 98.8 cm³/mol. The molecule has 6 nitrogen and oxygen atoms in total. The van der Waals surface area contributed by atoms with Gasteiger partial charge in [-0.05, 0) is 18.2 Å². The molecule has 1 aromatic carbocycles. The fourth-order valence-corrected chi connectivity index (χ4v) is 3.57. The zero-order valence-corrected chi connectivity index (χ0v) is 15.0. The largest absolute Gasteiger partial charge is 0.496 e. The quantitative estimate of drug-likeness (QED) is 0.781. The van der Waals surface area contributed by atoms with Crippen molar-refractivity contribution < 1.29 is 14.3 Å². The van der Waals surface area contributed by atoms with Gasteiger partial charge in [0.15, 0.2) is 0 Å². The van der Waals surface area contributed by atoms with E-state index >= 15 is 0 Å². The van der Waals surface area contributed by atoms with Crippen LogP contribution in [-0.4, -0.2) is 49.2 Å². The number of benzene rings is 1. The van der Waals surface area contributed by atoms with Crippen LogP contribution in [0.15, 0.2) is 48.7 Å². The molecule has 0 unspecified atom stereocenters. The number of para-hydroxylation sites is 1. The van der Waals surface area contributed by atoms with Gasteiger partial charge in [0.25, 0.3) is 0 Å². The van der Waals surface area contributed by atoms with Gasteiger partial charge in [0.2, 0.25) is 5.91 Å². The van der Waals surface area contributed by atoms with Gasteiger partial charge in [0, 0.05) is 48.9 Å². The fraction of sp³-hybridized carbons (Fsp3) is 0.400. The molecule has 1 amide bonds. The molecule has 2 heterocycles. The highest BCUT2D eigenvalue weighted by atomic mass is 16.5. The van der Waals surface area contributed by atoms with E-state index in [1.165, 1.54) is 0 Å². The lowest BCUT2D eigenvalue weighted by molar-refractivity contribution is -0.122. The summed E-state index contributed by atoms with van der Waals surface area (Å²) in [7, 11) is 1.69. The number of amides is 1. The van der Waals surface area contributed by atoms with Crippen LogP contribution in [-0.2, 0) is 16.1 Å². The van der Waals surface area contributed by atoms with Crippen LogP contribution in [0.4, 0.5) is 0 Å². The standard InChI is InChI=1S/C20H25N3O3/c1-25-19-8-3-2-6-15(19)10-23-11-16(13-26-14-20(21)24)17(12-23)18-7-4-5-9-22-18/h2-9,16-17H,10-14H2,1H3,(H2,21,24)/t16-,17+/m0/s1. The Morgan fingerprint density at radius 2 is 2.04 bits per heavy atom. The third kappa shape index (κ3) is 4.59. The SMILES string of the molecule is COc1ccccc1CN1C[C@@H](COCC(N)=O)[C@H](c2ccccn2)C1. The zero-order valence-electron chi connectivity index (χ0n) is 15.0.